The van der Waals surface area contributed by atoms with Crippen molar-refractivity contribution in [3.05, 3.63) is 11.5 Å². The summed E-state index contributed by atoms with van der Waals surface area (Å²) in [6, 6.07) is -4.06. The molecule has 2 amide bonds. The van der Waals surface area contributed by atoms with Gasteiger partial charge in [0.15, 0.2) is 30.7 Å². The molecule has 61 heavy (non-hydrogen) atoms. The molecular formula is C28H42N2O29S2. The molecule has 0 spiro atoms. The van der Waals surface area contributed by atoms with Gasteiger partial charge < -0.3 is 94.9 Å². The molecule has 4 aliphatic rings. The van der Waals surface area contributed by atoms with Crippen molar-refractivity contribution < 1.29 is 138 Å². The molecule has 14 N–H and O–H groups in total. The van der Waals surface area contributed by atoms with Crippen LogP contribution in [0.2, 0.25) is 0 Å². The summed E-state index contributed by atoms with van der Waals surface area (Å²) in [6.45, 7) is -0.774. The van der Waals surface area contributed by atoms with Gasteiger partial charge in [0.25, 0.3) is 0 Å². The molecule has 31 nitrogen and oxygen atoms in total. The lowest BCUT2D eigenvalue weighted by Gasteiger charge is -2.49. The number of aliphatic carboxylic acids is 2. The third-order valence-electron chi connectivity index (χ3n) is 9.08. The van der Waals surface area contributed by atoms with Crippen molar-refractivity contribution in [3.63, 3.8) is 0 Å². The highest BCUT2D eigenvalue weighted by Crippen LogP contribution is 2.36. The molecule has 3 saturated heterocycles. The Labute approximate surface area is 341 Å². The Morgan fingerprint density at radius 1 is 0.639 bits per heavy atom. The summed E-state index contributed by atoms with van der Waals surface area (Å²) in [5.74, 6) is -8.95. The Balaban J connectivity index is 1.74. The fourth-order valence-electron chi connectivity index (χ4n) is 6.57. The first-order valence-electron chi connectivity index (χ1n) is 17.2. The fourth-order valence-corrected chi connectivity index (χ4v) is 7.60. The van der Waals surface area contributed by atoms with Crippen molar-refractivity contribution in [2.75, 3.05) is 13.2 Å². The van der Waals surface area contributed by atoms with Crippen LogP contribution in [0, 0.1) is 0 Å². The summed E-state index contributed by atoms with van der Waals surface area (Å²) in [4.78, 5) is 48.8. The van der Waals surface area contributed by atoms with E-state index in [9.17, 15) is 96.2 Å². The molecule has 0 bridgehead atoms. The SMILES string of the molecule is CC(=O)N[C@H]1[C@H](O[C@H]2[C@H](O)[C@@H](O)[C@H](O[C@H]3[C@@H](OS(=O)(=O)O)[C@@H](CO)OC(O)[C@@H]3NC(C)=O)O[C@@H]2C(=O)O)O[C@H](CO)[C@H](OS(=O)(=O)O)[C@@H]1O[C@@H]1OC(C(=O)O)=C(O)[C@H](O)[C@H]1O. The average molecular weight is 935 g/mol. The minimum Gasteiger partial charge on any atom is -0.506 e. The Morgan fingerprint density at radius 2 is 1.11 bits per heavy atom. The van der Waals surface area contributed by atoms with Crippen LogP contribution in [-0.4, -0.2) is 224 Å². The second-order valence-corrected chi connectivity index (χ2v) is 15.5. The number of carbonyl (C=O) groups is 4. The molecule has 33 heteroatoms. The number of aliphatic hydroxyl groups excluding tert-OH is 8. The summed E-state index contributed by atoms with van der Waals surface area (Å²) < 4.78 is 113. The number of carboxylic acids is 2. The predicted molar refractivity (Wildman–Crippen MR) is 179 cm³/mol. The van der Waals surface area contributed by atoms with Crippen molar-refractivity contribution in [2.45, 2.75) is 124 Å². The molecule has 3 fully saturated rings. The first-order valence-corrected chi connectivity index (χ1v) is 19.9. The van der Waals surface area contributed by atoms with Crippen molar-refractivity contribution in [1.82, 2.24) is 10.6 Å². The van der Waals surface area contributed by atoms with Gasteiger partial charge in [0.2, 0.25) is 23.9 Å². The maximum Gasteiger partial charge on any atom is 0.397 e. The number of nitrogens with one attached hydrogen (secondary N) is 2. The van der Waals surface area contributed by atoms with Crippen LogP contribution in [-0.2, 0) is 81.5 Å². The highest BCUT2D eigenvalue weighted by Gasteiger charge is 2.58. The summed E-state index contributed by atoms with van der Waals surface area (Å²) in [6.07, 6.45) is -37.5. The Hall–Kier alpha value is -3.56. The van der Waals surface area contributed by atoms with E-state index in [-0.39, 0.29) is 0 Å². The van der Waals surface area contributed by atoms with E-state index >= 15 is 0 Å². The smallest absolute Gasteiger partial charge is 0.397 e. The van der Waals surface area contributed by atoms with Crippen LogP contribution < -0.4 is 10.6 Å². The van der Waals surface area contributed by atoms with Gasteiger partial charge in [-0.15, -0.1) is 0 Å². The topological polar surface area (TPSA) is 486 Å². The van der Waals surface area contributed by atoms with Crippen LogP contribution >= 0.6 is 0 Å². The van der Waals surface area contributed by atoms with Crippen LogP contribution in [0.3, 0.4) is 0 Å². The third kappa shape index (κ3) is 11.9. The van der Waals surface area contributed by atoms with Crippen molar-refractivity contribution in [1.29, 1.82) is 0 Å². The molecule has 4 rings (SSSR count). The summed E-state index contributed by atoms with van der Waals surface area (Å²) in [7, 11) is -11.1. The van der Waals surface area contributed by atoms with Gasteiger partial charge >= 0.3 is 32.7 Å². The Bertz CT molecular complexity index is 1870. The predicted octanol–water partition coefficient (Wildman–Crippen LogP) is -8.58. The fraction of sp³-hybridized carbons (Fsp3) is 0.786. The van der Waals surface area contributed by atoms with Crippen LogP contribution in [0.25, 0.3) is 0 Å². The molecule has 18 atom stereocenters. The van der Waals surface area contributed by atoms with E-state index in [1.54, 1.807) is 0 Å². The monoisotopic (exact) mass is 934 g/mol. The number of aliphatic hydroxyl groups is 8. The summed E-state index contributed by atoms with van der Waals surface area (Å²) in [5.41, 5.74) is 0. The lowest BCUT2D eigenvalue weighted by molar-refractivity contribution is -0.362. The van der Waals surface area contributed by atoms with Gasteiger partial charge in [-0.3, -0.25) is 18.7 Å². The van der Waals surface area contributed by atoms with Gasteiger partial charge in [-0.2, -0.15) is 16.8 Å². The molecule has 0 saturated carbocycles. The number of hydrogen-bond acceptors (Lipinski definition) is 25. The summed E-state index contributed by atoms with van der Waals surface area (Å²) in [5, 5.41) is 108. The zero-order valence-corrected chi connectivity index (χ0v) is 32.6. The number of hydrogen-bond donors (Lipinski definition) is 14. The molecule has 0 aliphatic carbocycles. The van der Waals surface area contributed by atoms with Gasteiger partial charge in [0.1, 0.15) is 79.2 Å². The number of ether oxygens (including phenoxy) is 7. The van der Waals surface area contributed by atoms with Crippen LogP contribution in [0.1, 0.15) is 13.8 Å². The Kier molecular flexibility index (Phi) is 16.3. The Morgan fingerprint density at radius 3 is 1.59 bits per heavy atom. The lowest BCUT2D eigenvalue weighted by Crippen LogP contribution is -2.70. The maximum atomic E-state index is 12.6. The molecule has 0 aromatic heterocycles. The van der Waals surface area contributed by atoms with Gasteiger partial charge in [0.05, 0.1) is 13.2 Å². The largest absolute Gasteiger partial charge is 0.506 e. The second-order valence-electron chi connectivity index (χ2n) is 13.4. The van der Waals surface area contributed by atoms with E-state index in [0.29, 0.717) is 0 Å². The molecule has 0 aromatic rings. The van der Waals surface area contributed by atoms with Crippen LogP contribution in [0.15, 0.2) is 11.5 Å². The zero-order valence-electron chi connectivity index (χ0n) is 30.9. The van der Waals surface area contributed by atoms with Crippen molar-refractivity contribution in [2.24, 2.45) is 0 Å². The molecule has 1 unspecified atom stereocenters. The van der Waals surface area contributed by atoms with Crippen molar-refractivity contribution >= 4 is 44.6 Å². The van der Waals surface area contributed by atoms with Crippen LogP contribution in [0.5, 0.6) is 0 Å². The molecule has 4 heterocycles. The number of amides is 2. The van der Waals surface area contributed by atoms with Gasteiger partial charge in [-0.1, -0.05) is 0 Å². The molecule has 4 aliphatic heterocycles. The molecule has 0 aromatic carbocycles. The molecule has 0 radical (unpaired) electrons. The molecular weight excluding hydrogens is 892 g/mol. The maximum absolute atomic E-state index is 12.6. The van der Waals surface area contributed by atoms with Gasteiger partial charge in [-0.05, 0) is 0 Å². The highest BCUT2D eigenvalue weighted by atomic mass is 32.3. The standard InChI is InChI=1S/C28H42N2O29S2/c1-5(33)29-9-18(16(58-60(45,46)47)7(3-31)51-25(9)44)53-28-15(39)13(37)20(22(57-28)24(42)43)55-26-10(30-6(2)34)19(17(8(4-32)52-26)59-61(48,49)50)54-27-14(38)11(35)12(36)21(56-27)23(40)41/h7-11,13-20,22,25-28,31-32,35-39,44H,3-4H2,1-2H3,(H,29,33)(H,30,34)(H,40,41)(H,42,43)(H,45,46,47)(H,48,49,50)/t7-,8-,9-,10-,11+,13-,14-,15-,16+,17+,18-,19-,20+,22+,25?,26+,27-,28-/m1/s1. The van der Waals surface area contributed by atoms with E-state index in [4.69, 9.17) is 33.2 Å². The summed E-state index contributed by atoms with van der Waals surface area (Å²) >= 11 is 0. The van der Waals surface area contributed by atoms with Crippen molar-refractivity contribution in [3.8, 4) is 0 Å². The lowest BCUT2D eigenvalue weighted by atomic mass is 9.94. The average Bonchev–Trinajstić information content (AvgIpc) is 3.13. The minimum absolute atomic E-state index is 0.816. The third-order valence-corrected chi connectivity index (χ3v) is 10.0. The van der Waals surface area contributed by atoms with E-state index in [1.165, 1.54) is 0 Å². The first-order chi connectivity index (χ1) is 28.2. The molecule has 350 valence electrons. The van der Waals surface area contributed by atoms with Crippen LogP contribution in [0.4, 0.5) is 0 Å². The van der Waals surface area contributed by atoms with E-state index in [2.05, 4.69) is 19.0 Å². The quantitative estimate of drug-likeness (QED) is 0.0639. The number of carboxylic acid groups (broad SMARTS) is 2. The van der Waals surface area contributed by atoms with E-state index < -0.39 is 180 Å². The van der Waals surface area contributed by atoms with Gasteiger partial charge in [0, 0.05) is 13.8 Å². The highest BCUT2D eigenvalue weighted by molar-refractivity contribution is 7.81. The first kappa shape index (κ1) is 50.1. The van der Waals surface area contributed by atoms with Gasteiger partial charge in [-0.25, -0.2) is 18.0 Å². The minimum atomic E-state index is -5.60. The van der Waals surface area contributed by atoms with E-state index in [1.807, 2.05) is 0 Å². The van der Waals surface area contributed by atoms with E-state index in [0.717, 1.165) is 13.8 Å². The number of rotatable bonds is 16. The number of carbonyl (C=O) groups excluding carboxylic acids is 2. The second kappa shape index (κ2) is 19.9. The zero-order chi connectivity index (χ0) is 46.0. The normalized spacial score (nSPS) is 39.8.